The molecule has 2 aromatic carbocycles. The van der Waals surface area contributed by atoms with Gasteiger partial charge in [-0.2, -0.15) is 0 Å². The molecule has 0 spiro atoms. The van der Waals surface area contributed by atoms with Crippen LogP contribution < -0.4 is 5.32 Å². The van der Waals surface area contributed by atoms with Crippen molar-refractivity contribution < 1.29 is 14.0 Å². The van der Waals surface area contributed by atoms with Crippen molar-refractivity contribution in [3.05, 3.63) is 71.0 Å². The van der Waals surface area contributed by atoms with Gasteiger partial charge in [0.1, 0.15) is 17.2 Å². The second-order valence-electron chi connectivity index (χ2n) is 6.17. The van der Waals surface area contributed by atoms with Gasteiger partial charge in [-0.15, -0.1) is 11.8 Å². The lowest BCUT2D eigenvalue weighted by Crippen LogP contribution is -2.46. The smallest absolute Gasteiger partial charge is 0.256 e. The fraction of sp³-hybridized carbons (Fsp3) is 0.263. The number of benzene rings is 2. The molecule has 128 valence electrons. The zero-order valence-electron chi connectivity index (χ0n) is 13.4. The van der Waals surface area contributed by atoms with Crippen LogP contribution >= 0.6 is 11.8 Å². The van der Waals surface area contributed by atoms with E-state index in [1.165, 1.54) is 12.1 Å². The van der Waals surface area contributed by atoms with Gasteiger partial charge in [-0.3, -0.25) is 9.59 Å². The maximum absolute atomic E-state index is 13.2. The minimum Gasteiger partial charge on any atom is -0.354 e. The van der Waals surface area contributed by atoms with Crippen molar-refractivity contribution in [1.82, 2.24) is 10.2 Å². The van der Waals surface area contributed by atoms with Gasteiger partial charge >= 0.3 is 0 Å². The van der Waals surface area contributed by atoms with Crippen LogP contribution in [0.4, 0.5) is 4.39 Å². The monoisotopic (exact) mass is 356 g/mol. The average Bonchev–Trinajstić information content (AvgIpc) is 3.16. The third-order valence-corrected chi connectivity index (χ3v) is 5.90. The largest absolute Gasteiger partial charge is 0.354 e. The van der Waals surface area contributed by atoms with Crippen molar-refractivity contribution in [2.45, 2.75) is 17.8 Å². The summed E-state index contributed by atoms with van der Waals surface area (Å²) in [7, 11) is 0. The van der Waals surface area contributed by atoms with Crippen LogP contribution in [-0.2, 0) is 11.2 Å². The van der Waals surface area contributed by atoms with E-state index in [-0.39, 0.29) is 23.0 Å². The van der Waals surface area contributed by atoms with Crippen LogP contribution in [0.5, 0.6) is 0 Å². The number of hydrogen-bond donors (Lipinski definition) is 1. The highest BCUT2D eigenvalue weighted by atomic mass is 32.2. The number of rotatable bonds is 4. The Bertz CT molecular complexity index is 842. The Kier molecular flexibility index (Phi) is 4.21. The molecule has 0 aromatic heterocycles. The van der Waals surface area contributed by atoms with Gasteiger partial charge < -0.3 is 10.2 Å². The molecule has 2 amide bonds. The molecule has 1 N–H and O–H groups in total. The van der Waals surface area contributed by atoms with Crippen LogP contribution in [0, 0.1) is 5.82 Å². The Hall–Kier alpha value is -2.34. The number of nitrogens with one attached hydrogen (secondary N) is 1. The summed E-state index contributed by atoms with van der Waals surface area (Å²) in [4.78, 5) is 26.9. The molecule has 2 atom stereocenters. The molecule has 0 saturated carbocycles. The normalized spacial score (nSPS) is 21.2. The lowest BCUT2D eigenvalue weighted by atomic mass is 10.1. The SMILES string of the molecule is O=C(NCCc1cccc(F)c1)[C@@H]1CS[C@@H]2c3ccccc3C(=O)N21. The maximum atomic E-state index is 13.2. The summed E-state index contributed by atoms with van der Waals surface area (Å²) in [6, 6.07) is 13.4. The molecular weight excluding hydrogens is 339 g/mol. The summed E-state index contributed by atoms with van der Waals surface area (Å²) >= 11 is 1.62. The minimum absolute atomic E-state index is 0.0670. The first-order valence-corrected chi connectivity index (χ1v) is 9.25. The lowest BCUT2D eigenvalue weighted by Gasteiger charge is -2.22. The number of carbonyl (C=O) groups excluding carboxylic acids is 2. The minimum atomic E-state index is -0.456. The van der Waals surface area contributed by atoms with Gasteiger partial charge in [-0.05, 0) is 35.7 Å². The molecule has 0 unspecified atom stereocenters. The van der Waals surface area contributed by atoms with Crippen molar-refractivity contribution in [2.24, 2.45) is 0 Å². The number of halogens is 1. The van der Waals surface area contributed by atoms with Gasteiger partial charge in [0.05, 0.1) is 0 Å². The van der Waals surface area contributed by atoms with E-state index in [9.17, 15) is 14.0 Å². The average molecular weight is 356 g/mol. The Balaban J connectivity index is 1.40. The van der Waals surface area contributed by atoms with Crippen LogP contribution in [0.3, 0.4) is 0 Å². The standard InChI is InChI=1S/C19H17FN2O2S/c20-13-5-3-4-12(10-13)8-9-21-17(23)16-11-25-19-15-7-2-1-6-14(15)18(24)22(16)19/h1-7,10,16,19H,8-9,11H2,(H,21,23)/t16-,19+/m0/s1. The molecule has 0 aliphatic carbocycles. The zero-order chi connectivity index (χ0) is 17.4. The van der Waals surface area contributed by atoms with E-state index < -0.39 is 6.04 Å². The summed E-state index contributed by atoms with van der Waals surface area (Å²) < 4.78 is 13.2. The molecule has 2 aliphatic heterocycles. The number of amides is 2. The predicted molar refractivity (Wildman–Crippen MR) is 94.7 cm³/mol. The molecule has 0 radical (unpaired) electrons. The van der Waals surface area contributed by atoms with Gasteiger partial charge in [-0.1, -0.05) is 30.3 Å². The first-order chi connectivity index (χ1) is 12.1. The van der Waals surface area contributed by atoms with E-state index in [4.69, 9.17) is 0 Å². The van der Waals surface area contributed by atoms with Crippen LogP contribution in [0.25, 0.3) is 0 Å². The molecule has 6 heteroatoms. The number of thioether (sulfide) groups is 1. The summed E-state index contributed by atoms with van der Waals surface area (Å²) in [5.74, 6) is 0.0963. The first-order valence-electron chi connectivity index (χ1n) is 8.20. The molecule has 1 saturated heterocycles. The molecule has 0 bridgehead atoms. The van der Waals surface area contributed by atoms with Gasteiger partial charge in [0.25, 0.3) is 5.91 Å². The number of hydrogen-bond acceptors (Lipinski definition) is 3. The highest BCUT2D eigenvalue weighted by molar-refractivity contribution is 7.99. The summed E-state index contributed by atoms with van der Waals surface area (Å²) in [6.45, 7) is 0.420. The summed E-state index contributed by atoms with van der Waals surface area (Å²) in [5.41, 5.74) is 2.52. The summed E-state index contributed by atoms with van der Waals surface area (Å²) in [6.07, 6.45) is 0.557. The van der Waals surface area contributed by atoms with Gasteiger partial charge in [0.2, 0.25) is 5.91 Å². The van der Waals surface area contributed by atoms with Gasteiger partial charge in [-0.25, -0.2) is 4.39 Å². The van der Waals surface area contributed by atoms with Crippen molar-refractivity contribution in [1.29, 1.82) is 0 Å². The summed E-state index contributed by atoms with van der Waals surface area (Å²) in [5, 5.41) is 2.82. The quantitative estimate of drug-likeness (QED) is 0.916. The molecule has 2 aromatic rings. The maximum Gasteiger partial charge on any atom is 0.256 e. The van der Waals surface area contributed by atoms with Crippen molar-refractivity contribution in [3.63, 3.8) is 0 Å². The highest BCUT2D eigenvalue weighted by Gasteiger charge is 2.48. The molecule has 25 heavy (non-hydrogen) atoms. The Morgan fingerprint density at radius 3 is 2.92 bits per heavy atom. The van der Waals surface area contributed by atoms with Crippen LogP contribution in [0.1, 0.15) is 26.9 Å². The lowest BCUT2D eigenvalue weighted by molar-refractivity contribution is -0.124. The Morgan fingerprint density at radius 1 is 1.24 bits per heavy atom. The number of nitrogens with zero attached hydrogens (tertiary/aromatic N) is 1. The van der Waals surface area contributed by atoms with Gasteiger partial charge in [0, 0.05) is 17.9 Å². The second kappa shape index (κ2) is 6.52. The van der Waals surface area contributed by atoms with E-state index >= 15 is 0 Å². The third kappa shape index (κ3) is 2.91. The van der Waals surface area contributed by atoms with Crippen molar-refractivity contribution in [3.8, 4) is 0 Å². The van der Waals surface area contributed by atoms with E-state index in [0.29, 0.717) is 24.3 Å². The molecule has 4 rings (SSSR count). The number of carbonyl (C=O) groups is 2. The van der Waals surface area contributed by atoms with Crippen LogP contribution in [0.2, 0.25) is 0 Å². The molecular formula is C19H17FN2O2S. The predicted octanol–water partition coefficient (Wildman–Crippen LogP) is 2.75. The topological polar surface area (TPSA) is 49.4 Å². The fourth-order valence-corrected chi connectivity index (χ4v) is 4.85. The van der Waals surface area contributed by atoms with E-state index in [1.807, 2.05) is 30.3 Å². The first kappa shape index (κ1) is 16.1. The zero-order valence-corrected chi connectivity index (χ0v) is 14.3. The molecule has 1 fully saturated rings. The highest BCUT2D eigenvalue weighted by Crippen LogP contribution is 2.47. The molecule has 2 heterocycles. The van der Waals surface area contributed by atoms with Crippen molar-refractivity contribution in [2.75, 3.05) is 12.3 Å². The van der Waals surface area contributed by atoms with E-state index in [2.05, 4.69) is 5.32 Å². The Morgan fingerprint density at radius 2 is 2.08 bits per heavy atom. The van der Waals surface area contributed by atoms with Crippen molar-refractivity contribution >= 4 is 23.6 Å². The van der Waals surface area contributed by atoms with Crippen LogP contribution in [-0.4, -0.2) is 35.1 Å². The number of fused-ring (bicyclic) bond motifs is 3. The van der Waals surface area contributed by atoms with E-state index in [1.54, 1.807) is 22.7 Å². The van der Waals surface area contributed by atoms with Crippen LogP contribution in [0.15, 0.2) is 48.5 Å². The third-order valence-electron chi connectivity index (χ3n) is 4.60. The fourth-order valence-electron chi connectivity index (χ4n) is 3.38. The van der Waals surface area contributed by atoms with Gasteiger partial charge in [0.15, 0.2) is 0 Å². The second-order valence-corrected chi connectivity index (χ2v) is 7.29. The van der Waals surface area contributed by atoms with E-state index in [0.717, 1.165) is 11.1 Å². The Labute approximate surface area is 149 Å². The molecule has 2 aliphatic rings. The molecule has 4 nitrogen and oxygen atoms in total.